The summed E-state index contributed by atoms with van der Waals surface area (Å²) in [5.41, 5.74) is 0.166. The van der Waals surface area contributed by atoms with E-state index in [0.717, 1.165) is 17.7 Å². The molecule has 0 saturated carbocycles. The first-order chi connectivity index (χ1) is 12.8. The summed E-state index contributed by atoms with van der Waals surface area (Å²) in [6.07, 6.45) is -4.42. The summed E-state index contributed by atoms with van der Waals surface area (Å²) in [6.45, 7) is -0.0120. The Morgan fingerprint density at radius 1 is 1.07 bits per heavy atom. The molecule has 4 nitrogen and oxygen atoms in total. The van der Waals surface area contributed by atoms with Gasteiger partial charge in [-0.15, -0.1) is 10.2 Å². The van der Waals surface area contributed by atoms with Crippen LogP contribution in [0.4, 0.5) is 17.6 Å². The predicted molar refractivity (Wildman–Crippen MR) is 92.7 cm³/mol. The molecule has 0 amide bonds. The molecule has 0 fully saturated rings. The van der Waals surface area contributed by atoms with Crippen molar-refractivity contribution in [3.05, 3.63) is 71.3 Å². The third-order valence-electron chi connectivity index (χ3n) is 3.74. The number of hydrogen-bond donors (Lipinski definition) is 0. The maximum absolute atomic E-state index is 12.9. The summed E-state index contributed by atoms with van der Waals surface area (Å²) in [5.74, 6) is 0.875. The first kappa shape index (κ1) is 19.2. The molecule has 0 unspecified atom stereocenters. The first-order valence-corrected chi connectivity index (χ1v) is 8.87. The van der Waals surface area contributed by atoms with Gasteiger partial charge in [0.2, 0.25) is 0 Å². The highest BCUT2D eigenvalue weighted by atomic mass is 32.2. The molecular weight excluding hydrogens is 382 g/mol. The Hall–Kier alpha value is -2.55. The second-order valence-corrected chi connectivity index (χ2v) is 6.63. The lowest BCUT2D eigenvalue weighted by molar-refractivity contribution is -0.137. The Labute approximate surface area is 157 Å². The van der Waals surface area contributed by atoms with Gasteiger partial charge in [-0.1, -0.05) is 30.0 Å². The molecule has 0 spiro atoms. The van der Waals surface area contributed by atoms with E-state index >= 15 is 0 Å². The fraction of sp³-hybridized carbons (Fsp3) is 0.222. The summed E-state index contributed by atoms with van der Waals surface area (Å²) in [7, 11) is 1.75. The van der Waals surface area contributed by atoms with Crippen molar-refractivity contribution in [2.75, 3.05) is 0 Å². The average molecular weight is 397 g/mol. The lowest BCUT2D eigenvalue weighted by Crippen LogP contribution is -2.07. The fourth-order valence-corrected chi connectivity index (χ4v) is 3.12. The van der Waals surface area contributed by atoms with Gasteiger partial charge >= 0.3 is 6.18 Å². The molecule has 0 bridgehead atoms. The van der Waals surface area contributed by atoms with Crippen LogP contribution in [0.1, 0.15) is 17.0 Å². The Morgan fingerprint density at radius 3 is 2.52 bits per heavy atom. The molecule has 0 aliphatic carbocycles. The van der Waals surface area contributed by atoms with Gasteiger partial charge in [0.1, 0.15) is 18.2 Å². The molecule has 27 heavy (non-hydrogen) atoms. The second-order valence-electron chi connectivity index (χ2n) is 5.69. The summed E-state index contributed by atoms with van der Waals surface area (Å²) in [6, 6.07) is 10.8. The molecule has 142 valence electrons. The maximum atomic E-state index is 12.9. The summed E-state index contributed by atoms with van der Waals surface area (Å²) < 4.78 is 58.3. The molecule has 0 aliphatic heterocycles. The summed E-state index contributed by atoms with van der Waals surface area (Å²) >= 11 is 1.42. The van der Waals surface area contributed by atoms with Crippen molar-refractivity contribution in [3.8, 4) is 5.75 Å². The number of thioether (sulfide) groups is 1. The van der Waals surface area contributed by atoms with Gasteiger partial charge in [0.15, 0.2) is 11.0 Å². The van der Waals surface area contributed by atoms with Crippen LogP contribution in [0.2, 0.25) is 0 Å². The van der Waals surface area contributed by atoms with E-state index in [4.69, 9.17) is 4.74 Å². The third kappa shape index (κ3) is 5.00. The van der Waals surface area contributed by atoms with Crippen molar-refractivity contribution in [2.45, 2.75) is 23.7 Å². The first-order valence-electron chi connectivity index (χ1n) is 7.88. The number of benzene rings is 2. The van der Waals surface area contributed by atoms with Gasteiger partial charge in [0.05, 0.1) is 5.56 Å². The molecule has 0 atom stereocenters. The molecule has 1 heterocycles. The predicted octanol–water partition coefficient (Wildman–Crippen LogP) is 4.84. The fourth-order valence-electron chi connectivity index (χ4n) is 2.24. The van der Waals surface area contributed by atoms with Gasteiger partial charge in [-0.25, -0.2) is 4.39 Å². The van der Waals surface area contributed by atoms with Crippen molar-refractivity contribution in [1.82, 2.24) is 14.8 Å². The van der Waals surface area contributed by atoms with Crippen LogP contribution in [0, 0.1) is 5.82 Å². The maximum Gasteiger partial charge on any atom is 0.416 e. The molecule has 3 aromatic rings. The lowest BCUT2D eigenvalue weighted by Gasteiger charge is -2.10. The van der Waals surface area contributed by atoms with Gasteiger partial charge in [-0.3, -0.25) is 0 Å². The number of rotatable bonds is 6. The number of halogens is 4. The Kier molecular flexibility index (Phi) is 5.69. The second kappa shape index (κ2) is 7.99. The topological polar surface area (TPSA) is 39.9 Å². The largest absolute Gasteiger partial charge is 0.486 e. The van der Waals surface area contributed by atoms with Crippen molar-refractivity contribution in [1.29, 1.82) is 0 Å². The van der Waals surface area contributed by atoms with E-state index < -0.39 is 11.7 Å². The Balaban J connectivity index is 1.61. The number of nitrogens with zero attached hydrogens (tertiary/aromatic N) is 3. The van der Waals surface area contributed by atoms with Gasteiger partial charge < -0.3 is 9.30 Å². The van der Waals surface area contributed by atoms with Crippen molar-refractivity contribution >= 4 is 11.8 Å². The molecule has 0 saturated heterocycles. The highest BCUT2D eigenvalue weighted by Gasteiger charge is 2.30. The van der Waals surface area contributed by atoms with E-state index in [2.05, 4.69) is 10.2 Å². The molecular formula is C18H15F4N3OS. The summed E-state index contributed by atoms with van der Waals surface area (Å²) in [4.78, 5) is 0. The van der Waals surface area contributed by atoms with Gasteiger partial charge in [0.25, 0.3) is 0 Å². The van der Waals surface area contributed by atoms with Gasteiger partial charge in [-0.05, 0) is 35.9 Å². The molecule has 0 N–H and O–H groups in total. The van der Waals surface area contributed by atoms with E-state index in [1.807, 2.05) is 0 Å². The lowest BCUT2D eigenvalue weighted by atomic mass is 10.2. The summed E-state index contributed by atoms with van der Waals surface area (Å²) in [5, 5.41) is 8.70. The minimum atomic E-state index is -4.42. The minimum absolute atomic E-state index is 0.0120. The van der Waals surface area contributed by atoms with Crippen molar-refractivity contribution in [3.63, 3.8) is 0 Å². The Morgan fingerprint density at radius 2 is 1.81 bits per heavy atom. The standard InChI is InChI=1S/C18H15F4N3OS/c1-25-16(10-26-15-4-2-3-13(9-15)18(20,21)22)23-24-17(25)27-11-12-5-7-14(19)8-6-12/h2-9H,10-11H2,1H3. The highest BCUT2D eigenvalue weighted by molar-refractivity contribution is 7.98. The van der Waals surface area contributed by atoms with E-state index in [-0.39, 0.29) is 18.2 Å². The molecule has 2 aromatic carbocycles. The monoisotopic (exact) mass is 397 g/mol. The molecule has 3 rings (SSSR count). The van der Waals surface area contributed by atoms with Crippen LogP contribution < -0.4 is 4.74 Å². The molecule has 1 aromatic heterocycles. The van der Waals surface area contributed by atoms with E-state index in [1.54, 1.807) is 23.7 Å². The van der Waals surface area contributed by atoms with Crippen LogP contribution in [-0.4, -0.2) is 14.8 Å². The molecule has 0 radical (unpaired) electrons. The van der Waals surface area contributed by atoms with Crippen molar-refractivity contribution < 1.29 is 22.3 Å². The van der Waals surface area contributed by atoms with Crippen LogP contribution in [0.15, 0.2) is 53.7 Å². The van der Waals surface area contributed by atoms with E-state index in [1.165, 1.54) is 36.0 Å². The molecule has 0 aliphatic rings. The van der Waals surface area contributed by atoms with Gasteiger partial charge in [0, 0.05) is 12.8 Å². The van der Waals surface area contributed by atoms with Gasteiger partial charge in [-0.2, -0.15) is 13.2 Å². The zero-order valence-electron chi connectivity index (χ0n) is 14.2. The number of alkyl halides is 3. The molecule has 9 heteroatoms. The minimum Gasteiger partial charge on any atom is -0.486 e. The van der Waals surface area contributed by atoms with Crippen LogP contribution in [0.5, 0.6) is 5.75 Å². The van der Waals surface area contributed by atoms with Crippen LogP contribution >= 0.6 is 11.8 Å². The van der Waals surface area contributed by atoms with E-state index in [0.29, 0.717) is 16.7 Å². The van der Waals surface area contributed by atoms with E-state index in [9.17, 15) is 17.6 Å². The van der Waals surface area contributed by atoms with Crippen LogP contribution in [-0.2, 0) is 25.6 Å². The zero-order chi connectivity index (χ0) is 19.4. The Bertz CT molecular complexity index is 910. The highest BCUT2D eigenvalue weighted by Crippen LogP contribution is 2.31. The quantitative estimate of drug-likeness (QED) is 0.441. The van der Waals surface area contributed by atoms with Crippen LogP contribution in [0.25, 0.3) is 0 Å². The normalized spacial score (nSPS) is 11.6. The zero-order valence-corrected chi connectivity index (χ0v) is 15.0. The average Bonchev–Trinajstić information content (AvgIpc) is 2.99. The SMILES string of the molecule is Cn1c(COc2cccc(C(F)(F)F)c2)nnc1SCc1ccc(F)cc1. The number of ether oxygens (including phenoxy) is 1. The smallest absolute Gasteiger partial charge is 0.416 e. The number of hydrogen-bond acceptors (Lipinski definition) is 4. The number of aromatic nitrogens is 3. The van der Waals surface area contributed by atoms with Crippen molar-refractivity contribution in [2.24, 2.45) is 7.05 Å². The third-order valence-corrected chi connectivity index (χ3v) is 4.83. The van der Waals surface area contributed by atoms with Crippen LogP contribution in [0.3, 0.4) is 0 Å².